The Hall–Kier alpha value is -2.84. The molecule has 4 aromatic rings. The van der Waals surface area contributed by atoms with Gasteiger partial charge in [-0.3, -0.25) is 4.79 Å². The van der Waals surface area contributed by atoms with Gasteiger partial charge in [-0.1, -0.05) is 12.8 Å². The Bertz CT molecular complexity index is 1320. The molecule has 32 heavy (non-hydrogen) atoms. The number of piperazine rings is 1. The van der Waals surface area contributed by atoms with Crippen molar-refractivity contribution in [2.45, 2.75) is 31.7 Å². The zero-order chi connectivity index (χ0) is 21.7. The third-order valence-corrected chi connectivity index (χ3v) is 7.67. The van der Waals surface area contributed by atoms with Crippen LogP contribution in [0.2, 0.25) is 0 Å². The molecule has 8 heteroatoms. The zero-order valence-electron chi connectivity index (χ0n) is 18.3. The van der Waals surface area contributed by atoms with E-state index in [4.69, 9.17) is 4.98 Å². The summed E-state index contributed by atoms with van der Waals surface area (Å²) >= 11 is 1.61. The third-order valence-electron chi connectivity index (χ3n) is 6.93. The normalized spacial score (nSPS) is 18.2. The Kier molecular flexibility index (Phi) is 4.91. The first kappa shape index (κ1) is 19.8. The highest BCUT2D eigenvalue weighted by molar-refractivity contribution is 7.09. The first-order valence-corrected chi connectivity index (χ1v) is 12.4. The number of likely N-dealkylation sites (N-methyl/N-ethyl adjacent to an activating group) is 1. The molecule has 3 N–H and O–H groups in total. The quantitative estimate of drug-likeness (QED) is 0.435. The lowest BCUT2D eigenvalue weighted by Gasteiger charge is -2.34. The number of benzene rings is 1. The molecule has 1 saturated heterocycles. The molecule has 166 valence electrons. The lowest BCUT2D eigenvalue weighted by Crippen LogP contribution is -2.44. The summed E-state index contributed by atoms with van der Waals surface area (Å²) in [6.45, 7) is 4.18. The topological polar surface area (TPSA) is 80.0 Å². The summed E-state index contributed by atoms with van der Waals surface area (Å²) < 4.78 is 0. The molecule has 1 aromatic carbocycles. The van der Waals surface area contributed by atoms with Crippen LogP contribution in [0.3, 0.4) is 0 Å². The number of aromatic nitrogens is 3. The zero-order valence-corrected chi connectivity index (χ0v) is 19.1. The van der Waals surface area contributed by atoms with Crippen LogP contribution in [-0.2, 0) is 0 Å². The molecule has 1 saturated carbocycles. The van der Waals surface area contributed by atoms with Gasteiger partial charge in [-0.25, -0.2) is 4.98 Å². The van der Waals surface area contributed by atoms with Gasteiger partial charge in [0.2, 0.25) is 0 Å². The van der Waals surface area contributed by atoms with E-state index in [1.165, 1.54) is 18.5 Å². The molecule has 2 fully saturated rings. The van der Waals surface area contributed by atoms with E-state index in [0.717, 1.165) is 66.6 Å². The van der Waals surface area contributed by atoms with Crippen molar-refractivity contribution in [1.82, 2.24) is 19.9 Å². The van der Waals surface area contributed by atoms with Crippen molar-refractivity contribution in [3.8, 4) is 11.4 Å². The number of H-pyrrole nitrogens is 2. The number of fused-ring (bicyclic) bond motifs is 2. The van der Waals surface area contributed by atoms with Gasteiger partial charge in [0.05, 0.1) is 22.2 Å². The average Bonchev–Trinajstić information content (AvgIpc) is 3.54. The summed E-state index contributed by atoms with van der Waals surface area (Å²) in [6.07, 6.45) is 4.77. The minimum absolute atomic E-state index is 0.102. The number of imidazole rings is 1. The van der Waals surface area contributed by atoms with Gasteiger partial charge in [0.15, 0.2) is 0 Å². The Morgan fingerprint density at radius 2 is 1.88 bits per heavy atom. The fraction of sp³-hybridized carbons (Fsp3) is 0.417. The fourth-order valence-electron chi connectivity index (χ4n) is 5.05. The van der Waals surface area contributed by atoms with Crippen molar-refractivity contribution in [3.63, 3.8) is 0 Å². The SMILES string of the molecule is CN1CCN(c2ccc3nc(-c4c(NC5CCCC5)c5cscc5[nH]c4=O)[nH]c3c2)CC1. The van der Waals surface area contributed by atoms with Gasteiger partial charge in [-0.2, -0.15) is 0 Å². The summed E-state index contributed by atoms with van der Waals surface area (Å²) in [5, 5.41) is 8.88. The van der Waals surface area contributed by atoms with Crippen LogP contribution in [0.1, 0.15) is 25.7 Å². The van der Waals surface area contributed by atoms with Gasteiger partial charge >= 0.3 is 0 Å². The Labute approximate surface area is 190 Å². The van der Waals surface area contributed by atoms with Crippen molar-refractivity contribution in [2.75, 3.05) is 43.4 Å². The number of aromatic amines is 2. The van der Waals surface area contributed by atoms with Gasteiger partial charge in [0.25, 0.3) is 5.56 Å². The first-order valence-electron chi connectivity index (χ1n) is 11.5. The van der Waals surface area contributed by atoms with Crippen LogP contribution in [0.4, 0.5) is 11.4 Å². The van der Waals surface area contributed by atoms with Gasteiger partial charge < -0.3 is 25.1 Å². The van der Waals surface area contributed by atoms with Crippen LogP contribution in [0.5, 0.6) is 0 Å². The van der Waals surface area contributed by atoms with Crippen molar-refractivity contribution >= 4 is 44.6 Å². The standard InChI is InChI=1S/C24H28N6OS/c1-29-8-10-30(11-9-29)16-6-7-18-19(12-16)27-23(26-18)21-22(25-15-4-2-3-5-15)17-13-32-14-20(17)28-24(21)31/h6-7,12-15,25H,2-5,8-11H2,1H3,(H,26,27)(H,28,31). The number of anilines is 2. The van der Waals surface area contributed by atoms with E-state index >= 15 is 0 Å². The molecule has 3 aromatic heterocycles. The summed E-state index contributed by atoms with van der Waals surface area (Å²) in [5.41, 5.74) is 5.36. The number of rotatable bonds is 4. The van der Waals surface area contributed by atoms with Crippen LogP contribution in [0, 0.1) is 0 Å². The van der Waals surface area contributed by atoms with Gasteiger partial charge in [-0.05, 0) is 38.1 Å². The van der Waals surface area contributed by atoms with E-state index in [9.17, 15) is 4.79 Å². The van der Waals surface area contributed by atoms with Crippen LogP contribution in [0.25, 0.3) is 33.3 Å². The average molecular weight is 449 g/mol. The Balaban J connectivity index is 1.43. The van der Waals surface area contributed by atoms with Crippen LogP contribution >= 0.6 is 11.3 Å². The Morgan fingerprint density at radius 1 is 1.06 bits per heavy atom. The number of pyridine rings is 1. The molecular weight excluding hydrogens is 420 g/mol. The minimum atomic E-state index is -0.102. The molecule has 0 spiro atoms. The molecule has 0 bridgehead atoms. The monoisotopic (exact) mass is 448 g/mol. The number of thiophene rings is 1. The maximum Gasteiger partial charge on any atom is 0.261 e. The van der Waals surface area contributed by atoms with E-state index in [-0.39, 0.29) is 5.56 Å². The summed E-state index contributed by atoms with van der Waals surface area (Å²) in [6, 6.07) is 6.78. The maximum absolute atomic E-state index is 13.2. The fourth-order valence-corrected chi connectivity index (χ4v) is 5.82. The van der Waals surface area contributed by atoms with E-state index in [1.807, 2.05) is 5.38 Å². The Morgan fingerprint density at radius 3 is 2.69 bits per heavy atom. The van der Waals surface area contributed by atoms with Gasteiger partial charge in [0, 0.05) is 54.1 Å². The summed E-state index contributed by atoms with van der Waals surface area (Å²) in [7, 11) is 2.17. The van der Waals surface area contributed by atoms with Crippen molar-refractivity contribution in [3.05, 3.63) is 39.3 Å². The maximum atomic E-state index is 13.2. The largest absolute Gasteiger partial charge is 0.381 e. The molecular formula is C24H28N6OS. The molecule has 1 aliphatic heterocycles. The smallest absolute Gasteiger partial charge is 0.261 e. The van der Waals surface area contributed by atoms with Crippen LogP contribution in [0.15, 0.2) is 33.8 Å². The second-order valence-electron chi connectivity index (χ2n) is 9.11. The van der Waals surface area contributed by atoms with Crippen LogP contribution in [-0.4, -0.2) is 59.1 Å². The third kappa shape index (κ3) is 3.47. The predicted molar refractivity (Wildman–Crippen MR) is 133 cm³/mol. The molecule has 4 heterocycles. The van der Waals surface area contributed by atoms with E-state index < -0.39 is 0 Å². The van der Waals surface area contributed by atoms with E-state index in [2.05, 4.69) is 55.7 Å². The lowest BCUT2D eigenvalue weighted by atomic mass is 10.1. The highest BCUT2D eigenvalue weighted by Crippen LogP contribution is 2.35. The molecule has 1 aliphatic carbocycles. The molecule has 6 rings (SSSR count). The highest BCUT2D eigenvalue weighted by atomic mass is 32.1. The predicted octanol–water partition coefficient (Wildman–Crippen LogP) is 4.24. The number of nitrogens with one attached hydrogen (secondary N) is 3. The highest BCUT2D eigenvalue weighted by Gasteiger charge is 2.23. The van der Waals surface area contributed by atoms with Crippen LogP contribution < -0.4 is 15.8 Å². The molecule has 0 radical (unpaired) electrons. The number of nitrogens with zero attached hydrogens (tertiary/aromatic N) is 3. The molecule has 0 amide bonds. The van der Waals surface area contributed by atoms with Crippen molar-refractivity contribution in [2.24, 2.45) is 0 Å². The van der Waals surface area contributed by atoms with Crippen molar-refractivity contribution in [1.29, 1.82) is 0 Å². The van der Waals surface area contributed by atoms with Gasteiger partial charge in [0.1, 0.15) is 11.4 Å². The number of hydrogen-bond donors (Lipinski definition) is 3. The molecule has 0 unspecified atom stereocenters. The molecule has 2 aliphatic rings. The molecule has 7 nitrogen and oxygen atoms in total. The summed E-state index contributed by atoms with van der Waals surface area (Å²) in [5.74, 6) is 0.630. The summed E-state index contributed by atoms with van der Waals surface area (Å²) in [4.78, 5) is 29.3. The molecule has 0 atom stereocenters. The van der Waals surface area contributed by atoms with Crippen molar-refractivity contribution < 1.29 is 0 Å². The second-order valence-corrected chi connectivity index (χ2v) is 9.85. The van der Waals surface area contributed by atoms with E-state index in [0.29, 0.717) is 17.4 Å². The van der Waals surface area contributed by atoms with Gasteiger partial charge in [-0.15, -0.1) is 11.3 Å². The lowest BCUT2D eigenvalue weighted by molar-refractivity contribution is 0.313. The number of hydrogen-bond acceptors (Lipinski definition) is 6. The first-order chi connectivity index (χ1) is 15.7. The second kappa shape index (κ2) is 7.94. The van der Waals surface area contributed by atoms with E-state index in [1.54, 1.807) is 11.3 Å². The minimum Gasteiger partial charge on any atom is -0.381 e.